The van der Waals surface area contributed by atoms with E-state index in [2.05, 4.69) is 12.2 Å². The van der Waals surface area contributed by atoms with Gasteiger partial charge in [-0.05, 0) is 38.6 Å². The molecule has 0 radical (unpaired) electrons. The quantitative estimate of drug-likeness (QED) is 0.735. The second-order valence-corrected chi connectivity index (χ2v) is 4.51. The molecule has 1 rings (SSSR count). The molecule has 0 fully saturated rings. The first-order valence-corrected chi connectivity index (χ1v) is 6.74. The second kappa shape index (κ2) is 8.35. The zero-order valence-corrected chi connectivity index (χ0v) is 12.1. The maximum atomic E-state index is 6.19. The van der Waals surface area contributed by atoms with Gasteiger partial charge in [-0.15, -0.1) is 0 Å². The van der Waals surface area contributed by atoms with E-state index in [0.717, 1.165) is 30.9 Å². The normalized spacial score (nSPS) is 12.4. The number of hydrogen-bond donors (Lipinski definition) is 1. The van der Waals surface area contributed by atoms with Crippen LogP contribution in [0.25, 0.3) is 0 Å². The highest BCUT2D eigenvalue weighted by atomic mass is 35.5. The van der Waals surface area contributed by atoms with Gasteiger partial charge in [-0.25, -0.2) is 0 Å². The first kappa shape index (κ1) is 15.3. The molecule has 0 saturated heterocycles. The van der Waals surface area contributed by atoms with Gasteiger partial charge < -0.3 is 14.8 Å². The predicted octanol–water partition coefficient (Wildman–Crippen LogP) is 3.43. The van der Waals surface area contributed by atoms with Gasteiger partial charge in [0.1, 0.15) is 5.75 Å². The molecular formula is C14H22ClNO2. The van der Waals surface area contributed by atoms with Crippen LogP contribution in [-0.4, -0.2) is 26.9 Å². The Hall–Kier alpha value is -0.770. The third-order valence-corrected chi connectivity index (χ3v) is 3.08. The van der Waals surface area contributed by atoms with Crippen LogP contribution in [0, 0.1) is 0 Å². The monoisotopic (exact) mass is 271 g/mol. The molecule has 1 aromatic rings. The zero-order valence-electron chi connectivity index (χ0n) is 11.3. The van der Waals surface area contributed by atoms with Crippen LogP contribution in [0.2, 0.25) is 5.02 Å². The van der Waals surface area contributed by atoms with Crippen molar-refractivity contribution in [1.82, 2.24) is 5.32 Å². The molecule has 18 heavy (non-hydrogen) atoms. The summed E-state index contributed by atoms with van der Waals surface area (Å²) >= 11 is 6.19. The second-order valence-electron chi connectivity index (χ2n) is 4.10. The summed E-state index contributed by atoms with van der Waals surface area (Å²) in [5.41, 5.74) is 1.16. The average molecular weight is 272 g/mol. The van der Waals surface area contributed by atoms with Crippen molar-refractivity contribution >= 4 is 11.6 Å². The van der Waals surface area contributed by atoms with Crippen molar-refractivity contribution in [1.29, 1.82) is 0 Å². The molecule has 0 heterocycles. The van der Waals surface area contributed by atoms with Crippen LogP contribution in [0.15, 0.2) is 18.2 Å². The molecule has 0 aliphatic heterocycles. The van der Waals surface area contributed by atoms with Crippen LogP contribution in [0.1, 0.15) is 31.9 Å². The number of nitrogens with one attached hydrogen (secondary N) is 1. The van der Waals surface area contributed by atoms with Crippen LogP contribution in [-0.2, 0) is 4.74 Å². The molecule has 0 aliphatic carbocycles. The van der Waals surface area contributed by atoms with Crippen molar-refractivity contribution in [3.8, 4) is 5.75 Å². The minimum absolute atomic E-state index is 0.287. The third kappa shape index (κ3) is 4.84. The first-order chi connectivity index (χ1) is 8.69. The van der Waals surface area contributed by atoms with Gasteiger partial charge in [0.15, 0.2) is 0 Å². The topological polar surface area (TPSA) is 30.5 Å². The van der Waals surface area contributed by atoms with Crippen LogP contribution in [0.4, 0.5) is 0 Å². The largest absolute Gasteiger partial charge is 0.492 e. The van der Waals surface area contributed by atoms with Crippen molar-refractivity contribution in [2.75, 3.05) is 26.9 Å². The SMILES string of the molecule is CCOCCCOc1ccc(C(C)NC)cc1Cl. The molecule has 1 aromatic carbocycles. The number of benzene rings is 1. The first-order valence-electron chi connectivity index (χ1n) is 6.36. The Kier molecular flexibility index (Phi) is 7.09. The fourth-order valence-corrected chi connectivity index (χ4v) is 1.80. The molecule has 3 nitrogen and oxygen atoms in total. The molecule has 1 N–H and O–H groups in total. The minimum Gasteiger partial charge on any atom is -0.492 e. The molecule has 1 unspecified atom stereocenters. The Labute approximate surface area is 114 Å². The minimum atomic E-state index is 0.287. The highest BCUT2D eigenvalue weighted by Crippen LogP contribution is 2.27. The maximum absolute atomic E-state index is 6.19. The van der Waals surface area contributed by atoms with Crippen molar-refractivity contribution < 1.29 is 9.47 Å². The van der Waals surface area contributed by atoms with Gasteiger partial charge >= 0.3 is 0 Å². The van der Waals surface area contributed by atoms with Gasteiger partial charge in [0.2, 0.25) is 0 Å². The van der Waals surface area contributed by atoms with Gasteiger partial charge in [-0.1, -0.05) is 17.7 Å². The summed E-state index contributed by atoms with van der Waals surface area (Å²) < 4.78 is 10.9. The maximum Gasteiger partial charge on any atom is 0.137 e. The lowest BCUT2D eigenvalue weighted by molar-refractivity contribution is 0.131. The molecule has 0 aromatic heterocycles. The lowest BCUT2D eigenvalue weighted by atomic mass is 10.1. The van der Waals surface area contributed by atoms with Crippen molar-refractivity contribution in [3.63, 3.8) is 0 Å². The highest BCUT2D eigenvalue weighted by Gasteiger charge is 2.07. The van der Waals surface area contributed by atoms with E-state index in [0.29, 0.717) is 11.6 Å². The number of halogens is 1. The summed E-state index contributed by atoms with van der Waals surface area (Å²) in [6.45, 7) is 6.18. The molecule has 0 bridgehead atoms. The van der Waals surface area contributed by atoms with E-state index in [1.807, 2.05) is 32.2 Å². The molecule has 0 spiro atoms. The summed E-state index contributed by atoms with van der Waals surface area (Å²) in [6.07, 6.45) is 0.874. The Morgan fingerprint density at radius 3 is 2.72 bits per heavy atom. The Balaban J connectivity index is 2.47. The van der Waals surface area contributed by atoms with Gasteiger partial charge in [-0.2, -0.15) is 0 Å². The fraction of sp³-hybridized carbons (Fsp3) is 0.571. The van der Waals surface area contributed by atoms with Crippen LogP contribution < -0.4 is 10.1 Å². The molecular weight excluding hydrogens is 250 g/mol. The summed E-state index contributed by atoms with van der Waals surface area (Å²) in [5.74, 6) is 0.736. The number of hydrogen-bond acceptors (Lipinski definition) is 3. The fourth-order valence-electron chi connectivity index (χ4n) is 1.56. The average Bonchev–Trinajstić information content (AvgIpc) is 2.39. The van der Waals surface area contributed by atoms with E-state index >= 15 is 0 Å². The Morgan fingerprint density at radius 1 is 1.33 bits per heavy atom. The summed E-state index contributed by atoms with van der Waals surface area (Å²) in [5, 5.41) is 3.84. The molecule has 0 saturated carbocycles. The molecule has 0 amide bonds. The molecule has 1 atom stereocenters. The lowest BCUT2D eigenvalue weighted by Crippen LogP contribution is -2.12. The number of ether oxygens (including phenoxy) is 2. The van der Waals surface area contributed by atoms with E-state index in [1.54, 1.807) is 0 Å². The smallest absolute Gasteiger partial charge is 0.137 e. The zero-order chi connectivity index (χ0) is 13.4. The van der Waals surface area contributed by atoms with Gasteiger partial charge in [0.25, 0.3) is 0 Å². The highest BCUT2D eigenvalue weighted by molar-refractivity contribution is 6.32. The van der Waals surface area contributed by atoms with Gasteiger partial charge in [0, 0.05) is 25.7 Å². The van der Waals surface area contributed by atoms with E-state index in [4.69, 9.17) is 21.1 Å². The third-order valence-electron chi connectivity index (χ3n) is 2.78. The van der Waals surface area contributed by atoms with E-state index in [1.165, 1.54) is 0 Å². The van der Waals surface area contributed by atoms with E-state index < -0.39 is 0 Å². The summed E-state index contributed by atoms with van der Waals surface area (Å²) in [6, 6.07) is 6.19. The lowest BCUT2D eigenvalue weighted by Gasteiger charge is -2.13. The molecule has 4 heteroatoms. The summed E-state index contributed by atoms with van der Waals surface area (Å²) in [7, 11) is 1.93. The van der Waals surface area contributed by atoms with Gasteiger partial charge in [0.05, 0.1) is 11.6 Å². The standard InChI is InChI=1S/C14H22ClNO2/c1-4-17-8-5-9-18-14-7-6-12(10-13(14)15)11(2)16-3/h6-7,10-11,16H,4-5,8-9H2,1-3H3. The van der Waals surface area contributed by atoms with E-state index in [9.17, 15) is 0 Å². The Morgan fingerprint density at radius 2 is 2.11 bits per heavy atom. The van der Waals surface area contributed by atoms with Crippen LogP contribution >= 0.6 is 11.6 Å². The van der Waals surface area contributed by atoms with E-state index in [-0.39, 0.29) is 6.04 Å². The van der Waals surface area contributed by atoms with Crippen LogP contribution in [0.5, 0.6) is 5.75 Å². The molecule has 102 valence electrons. The van der Waals surface area contributed by atoms with Crippen molar-refractivity contribution in [2.24, 2.45) is 0 Å². The summed E-state index contributed by atoms with van der Waals surface area (Å²) in [4.78, 5) is 0. The number of rotatable bonds is 8. The van der Waals surface area contributed by atoms with Crippen LogP contribution in [0.3, 0.4) is 0 Å². The molecule has 0 aliphatic rings. The predicted molar refractivity (Wildman–Crippen MR) is 75.5 cm³/mol. The van der Waals surface area contributed by atoms with Gasteiger partial charge in [-0.3, -0.25) is 0 Å². The van der Waals surface area contributed by atoms with Crippen molar-refractivity contribution in [2.45, 2.75) is 26.3 Å². The van der Waals surface area contributed by atoms with Crippen molar-refractivity contribution in [3.05, 3.63) is 28.8 Å². The Bertz CT molecular complexity index is 358.